The first-order chi connectivity index (χ1) is 5.68. The largest absolute Gasteiger partial charge is 0.476 e. The molecule has 0 radical (unpaired) electrons. The molecule has 0 bridgehead atoms. The van der Waals surface area contributed by atoms with Crippen molar-refractivity contribution in [3.63, 3.8) is 0 Å². The first-order valence-corrected chi connectivity index (χ1v) is 4.09. The minimum Gasteiger partial charge on any atom is -0.476 e. The quantitative estimate of drug-likeness (QED) is 0.733. The van der Waals surface area contributed by atoms with E-state index in [1.165, 1.54) is 11.3 Å². The van der Waals surface area contributed by atoms with E-state index in [1.807, 2.05) is 6.92 Å². The monoisotopic (exact) mass is 183 g/mol. The molecular weight excluding hydrogens is 178 g/mol. The van der Waals surface area contributed by atoms with Crippen LogP contribution in [0.2, 0.25) is 0 Å². The molecule has 62 valence electrons. The summed E-state index contributed by atoms with van der Waals surface area (Å²) in [6.45, 7) is 1.89. The van der Waals surface area contributed by atoms with Crippen LogP contribution in [0.5, 0.6) is 0 Å². The molecule has 2 aromatic rings. The van der Waals surface area contributed by atoms with Gasteiger partial charge in [-0.3, -0.25) is 0 Å². The van der Waals surface area contributed by atoms with Gasteiger partial charge in [0.2, 0.25) is 5.69 Å². The standard InChI is InChI=1S/C7H5NO3S/c1-3-2-4-6(12-3)5(7(9)10)8-11-4/h2H,1H3,(H,9,10). The summed E-state index contributed by atoms with van der Waals surface area (Å²) in [5, 5.41) is 12.1. The van der Waals surface area contributed by atoms with E-state index in [9.17, 15) is 4.79 Å². The highest BCUT2D eigenvalue weighted by atomic mass is 32.1. The Morgan fingerprint density at radius 2 is 2.50 bits per heavy atom. The van der Waals surface area contributed by atoms with Crippen LogP contribution in [0, 0.1) is 6.92 Å². The van der Waals surface area contributed by atoms with Gasteiger partial charge in [0.25, 0.3) is 0 Å². The number of carboxylic acid groups (broad SMARTS) is 1. The van der Waals surface area contributed by atoms with Crippen molar-refractivity contribution in [3.8, 4) is 0 Å². The molecule has 0 aliphatic heterocycles. The summed E-state index contributed by atoms with van der Waals surface area (Å²) in [6, 6.07) is 1.78. The molecule has 0 aliphatic rings. The number of aromatic nitrogens is 1. The number of hydrogen-bond acceptors (Lipinski definition) is 4. The van der Waals surface area contributed by atoms with Crippen LogP contribution in [0.4, 0.5) is 0 Å². The number of aryl methyl sites for hydroxylation is 1. The van der Waals surface area contributed by atoms with Gasteiger partial charge >= 0.3 is 5.97 Å². The van der Waals surface area contributed by atoms with Crippen LogP contribution >= 0.6 is 11.3 Å². The molecule has 2 heterocycles. The van der Waals surface area contributed by atoms with Gasteiger partial charge in [-0.15, -0.1) is 11.3 Å². The maximum Gasteiger partial charge on any atom is 0.359 e. The fraction of sp³-hybridized carbons (Fsp3) is 0.143. The van der Waals surface area contributed by atoms with Crippen LogP contribution < -0.4 is 0 Å². The van der Waals surface area contributed by atoms with Gasteiger partial charge in [-0.1, -0.05) is 5.16 Å². The third-order valence-electron chi connectivity index (χ3n) is 1.47. The lowest BCUT2D eigenvalue weighted by molar-refractivity contribution is 0.0688. The molecule has 0 unspecified atom stereocenters. The maximum absolute atomic E-state index is 10.6. The van der Waals surface area contributed by atoms with E-state index in [0.29, 0.717) is 10.3 Å². The lowest BCUT2D eigenvalue weighted by Gasteiger charge is -1.80. The van der Waals surface area contributed by atoms with Crippen molar-refractivity contribution in [3.05, 3.63) is 16.6 Å². The van der Waals surface area contributed by atoms with Gasteiger partial charge in [-0.25, -0.2) is 4.79 Å². The number of rotatable bonds is 1. The van der Waals surface area contributed by atoms with Crippen molar-refractivity contribution < 1.29 is 14.4 Å². The summed E-state index contributed by atoms with van der Waals surface area (Å²) in [7, 11) is 0. The van der Waals surface area contributed by atoms with Gasteiger partial charge < -0.3 is 9.63 Å². The van der Waals surface area contributed by atoms with Crippen LogP contribution in [0.15, 0.2) is 10.6 Å². The van der Waals surface area contributed by atoms with Gasteiger partial charge in [-0.05, 0) is 13.0 Å². The average Bonchev–Trinajstić information content (AvgIpc) is 2.43. The smallest absolute Gasteiger partial charge is 0.359 e. The molecule has 0 fully saturated rings. The highest BCUT2D eigenvalue weighted by Gasteiger charge is 2.16. The summed E-state index contributed by atoms with van der Waals surface area (Å²) in [6.07, 6.45) is 0. The van der Waals surface area contributed by atoms with Crippen LogP contribution in [-0.4, -0.2) is 16.2 Å². The minimum absolute atomic E-state index is 0.00287. The number of carboxylic acids is 1. The third-order valence-corrected chi connectivity index (χ3v) is 2.51. The Kier molecular flexibility index (Phi) is 1.41. The SMILES string of the molecule is Cc1cc2onc(C(=O)O)c2s1. The lowest BCUT2D eigenvalue weighted by atomic mass is 10.4. The molecule has 0 aromatic carbocycles. The molecule has 2 rings (SSSR count). The second-order valence-electron chi connectivity index (χ2n) is 2.39. The Bertz CT molecular complexity index is 442. The number of fused-ring (bicyclic) bond motifs is 1. The zero-order valence-corrected chi connectivity index (χ0v) is 7.01. The number of carbonyl (C=O) groups is 1. The van der Waals surface area contributed by atoms with E-state index in [1.54, 1.807) is 6.07 Å². The number of nitrogens with zero attached hydrogens (tertiary/aromatic N) is 1. The highest BCUT2D eigenvalue weighted by molar-refractivity contribution is 7.19. The Morgan fingerprint density at radius 1 is 1.75 bits per heavy atom. The van der Waals surface area contributed by atoms with Crippen LogP contribution in [0.1, 0.15) is 15.4 Å². The van der Waals surface area contributed by atoms with Gasteiger partial charge in [-0.2, -0.15) is 0 Å². The van der Waals surface area contributed by atoms with Gasteiger partial charge in [0.05, 0.1) is 0 Å². The molecule has 0 aliphatic carbocycles. The molecule has 0 spiro atoms. The summed E-state index contributed by atoms with van der Waals surface area (Å²) in [5.41, 5.74) is 0.554. The Labute approximate surface area is 71.4 Å². The average molecular weight is 183 g/mol. The Morgan fingerprint density at radius 3 is 3.17 bits per heavy atom. The molecule has 0 atom stereocenters. The van der Waals surface area contributed by atoms with E-state index in [-0.39, 0.29) is 5.69 Å². The fourth-order valence-corrected chi connectivity index (χ4v) is 1.90. The predicted molar refractivity (Wildman–Crippen MR) is 43.6 cm³/mol. The Hall–Kier alpha value is -1.36. The van der Waals surface area contributed by atoms with Crippen molar-refractivity contribution in [1.29, 1.82) is 0 Å². The normalized spacial score (nSPS) is 10.8. The summed E-state index contributed by atoms with van der Waals surface area (Å²) >= 11 is 1.38. The van der Waals surface area contributed by atoms with Gasteiger partial charge in [0.1, 0.15) is 4.70 Å². The predicted octanol–water partition coefficient (Wildman–Crippen LogP) is 1.90. The highest BCUT2D eigenvalue weighted by Crippen LogP contribution is 2.27. The second-order valence-corrected chi connectivity index (χ2v) is 3.64. The summed E-state index contributed by atoms with van der Waals surface area (Å²) in [5.74, 6) is -1.05. The van der Waals surface area contributed by atoms with Crippen molar-refractivity contribution in [2.45, 2.75) is 6.92 Å². The van der Waals surface area contributed by atoms with E-state index in [4.69, 9.17) is 9.63 Å². The molecule has 4 nitrogen and oxygen atoms in total. The number of hydrogen-bond donors (Lipinski definition) is 1. The number of aromatic carboxylic acids is 1. The molecule has 12 heavy (non-hydrogen) atoms. The van der Waals surface area contributed by atoms with Crippen LogP contribution in [-0.2, 0) is 0 Å². The minimum atomic E-state index is -1.05. The zero-order chi connectivity index (χ0) is 8.72. The molecule has 0 saturated carbocycles. The Balaban J connectivity index is 2.76. The molecule has 0 saturated heterocycles. The van der Waals surface area contributed by atoms with Gasteiger partial charge in [0, 0.05) is 4.88 Å². The first kappa shape index (κ1) is 7.30. The molecular formula is C7H5NO3S. The van der Waals surface area contributed by atoms with E-state index < -0.39 is 5.97 Å². The molecule has 2 aromatic heterocycles. The lowest BCUT2D eigenvalue weighted by Crippen LogP contribution is -1.95. The van der Waals surface area contributed by atoms with Crippen molar-refractivity contribution in [2.24, 2.45) is 0 Å². The van der Waals surface area contributed by atoms with E-state index >= 15 is 0 Å². The van der Waals surface area contributed by atoms with Crippen LogP contribution in [0.25, 0.3) is 10.3 Å². The number of thiophene rings is 1. The third kappa shape index (κ3) is 0.902. The summed E-state index contributed by atoms with van der Waals surface area (Å²) in [4.78, 5) is 11.6. The van der Waals surface area contributed by atoms with Crippen molar-refractivity contribution in [1.82, 2.24) is 5.16 Å². The van der Waals surface area contributed by atoms with Crippen LogP contribution in [0.3, 0.4) is 0 Å². The first-order valence-electron chi connectivity index (χ1n) is 3.27. The van der Waals surface area contributed by atoms with Gasteiger partial charge in [0.15, 0.2) is 5.58 Å². The van der Waals surface area contributed by atoms with E-state index in [0.717, 1.165) is 4.88 Å². The zero-order valence-electron chi connectivity index (χ0n) is 6.20. The van der Waals surface area contributed by atoms with Crippen molar-refractivity contribution in [2.75, 3.05) is 0 Å². The molecule has 1 N–H and O–H groups in total. The fourth-order valence-electron chi connectivity index (χ4n) is 0.996. The molecule has 5 heteroatoms. The molecule has 0 amide bonds. The topological polar surface area (TPSA) is 63.3 Å². The summed E-state index contributed by atoms with van der Waals surface area (Å²) < 4.78 is 5.42. The van der Waals surface area contributed by atoms with Crippen molar-refractivity contribution >= 4 is 27.6 Å². The van der Waals surface area contributed by atoms with E-state index in [2.05, 4.69) is 5.16 Å². The maximum atomic E-state index is 10.6. The second kappa shape index (κ2) is 2.31.